The maximum Gasteiger partial charge on any atom is 0.267 e. The average molecular weight is 510 g/mol. The number of anilines is 1. The SMILES string of the molecule is Cn1c(=O)/c(=C(/NCc2ccc(-c3cc(F)ccn3)cc2)Nc2ccccc2)c(=N)n2c1=N[C@@H]1CCC[C@@H]12. The first-order valence-electron chi connectivity index (χ1n) is 12.7. The second kappa shape index (κ2) is 9.74. The molecule has 0 saturated heterocycles. The van der Waals surface area contributed by atoms with Crippen LogP contribution in [0.1, 0.15) is 30.9 Å². The standard InChI is InChI=1S/C29H28FN7O/c1-36-28(38)25(26(31)37-24-9-5-8-22(24)35-29(36)37)27(34-21-6-3-2-4-7-21)33-17-18-10-12-19(13-11-18)23-16-20(30)14-15-32-23/h2-4,6-7,10-16,22,24,31,33-34H,5,8-9,17H2,1H3/b27-25-,31-26?/t22-,24+/m1/s1. The number of hydrogen-bond donors (Lipinski definition) is 3. The van der Waals surface area contributed by atoms with E-state index in [0.29, 0.717) is 23.7 Å². The number of hydrogen-bond acceptors (Lipinski definition) is 6. The maximum absolute atomic E-state index is 13.6. The van der Waals surface area contributed by atoms with Gasteiger partial charge >= 0.3 is 0 Å². The van der Waals surface area contributed by atoms with Gasteiger partial charge in [0.25, 0.3) is 5.56 Å². The molecule has 0 spiro atoms. The molecule has 2 atom stereocenters. The summed E-state index contributed by atoms with van der Waals surface area (Å²) in [4.78, 5) is 22.6. The molecule has 4 aromatic rings. The molecular weight excluding hydrogens is 481 g/mol. The van der Waals surface area contributed by atoms with Crippen LogP contribution in [0.2, 0.25) is 0 Å². The quantitative estimate of drug-likeness (QED) is 0.372. The molecule has 2 aromatic heterocycles. The third-order valence-electron chi connectivity index (χ3n) is 7.30. The Hall–Kier alpha value is -4.53. The van der Waals surface area contributed by atoms with Gasteiger partial charge in [0.1, 0.15) is 22.3 Å². The van der Waals surface area contributed by atoms with Crippen LogP contribution < -0.4 is 32.5 Å². The molecule has 1 aliphatic carbocycles. The van der Waals surface area contributed by atoms with Crippen LogP contribution in [0.5, 0.6) is 0 Å². The molecule has 3 N–H and O–H groups in total. The lowest BCUT2D eigenvalue weighted by atomic mass is 10.1. The molecule has 192 valence electrons. The molecule has 0 radical (unpaired) electrons. The average Bonchev–Trinajstić information content (AvgIpc) is 3.53. The molecule has 8 nitrogen and oxygen atoms in total. The van der Waals surface area contributed by atoms with E-state index < -0.39 is 0 Å². The van der Waals surface area contributed by atoms with Crippen LogP contribution in [0.25, 0.3) is 17.1 Å². The molecule has 38 heavy (non-hydrogen) atoms. The third-order valence-corrected chi connectivity index (χ3v) is 7.30. The van der Waals surface area contributed by atoms with Gasteiger partial charge in [-0.1, -0.05) is 42.5 Å². The van der Waals surface area contributed by atoms with E-state index in [1.165, 1.54) is 18.3 Å². The Labute approximate surface area is 218 Å². The third kappa shape index (κ3) is 4.30. The van der Waals surface area contributed by atoms with E-state index >= 15 is 0 Å². The monoisotopic (exact) mass is 509 g/mol. The van der Waals surface area contributed by atoms with Gasteiger partial charge < -0.3 is 10.6 Å². The maximum atomic E-state index is 13.6. The summed E-state index contributed by atoms with van der Waals surface area (Å²) in [6, 6.07) is 20.2. The predicted molar refractivity (Wildman–Crippen MR) is 143 cm³/mol. The van der Waals surface area contributed by atoms with Gasteiger partial charge in [0.15, 0.2) is 0 Å². The fourth-order valence-electron chi connectivity index (χ4n) is 5.36. The van der Waals surface area contributed by atoms with Crippen molar-refractivity contribution in [1.82, 2.24) is 19.4 Å². The summed E-state index contributed by atoms with van der Waals surface area (Å²) in [6.07, 6.45) is 4.46. The highest BCUT2D eigenvalue weighted by atomic mass is 19.1. The van der Waals surface area contributed by atoms with Crippen molar-refractivity contribution >= 4 is 11.5 Å². The predicted octanol–water partition coefficient (Wildman–Crippen LogP) is 2.56. The molecule has 2 aromatic carbocycles. The van der Waals surface area contributed by atoms with Crippen molar-refractivity contribution in [2.75, 3.05) is 5.32 Å². The van der Waals surface area contributed by atoms with Gasteiger partial charge in [-0.05, 0) is 43.0 Å². The molecule has 0 bridgehead atoms. The van der Waals surface area contributed by atoms with Gasteiger partial charge in [0.05, 0.1) is 17.8 Å². The van der Waals surface area contributed by atoms with Gasteiger partial charge in [-0.15, -0.1) is 0 Å². The van der Waals surface area contributed by atoms with Gasteiger partial charge in [-0.25, -0.2) is 9.38 Å². The number of para-hydroxylation sites is 1. The summed E-state index contributed by atoms with van der Waals surface area (Å²) < 4.78 is 17.1. The van der Waals surface area contributed by atoms with Crippen LogP contribution >= 0.6 is 0 Å². The smallest absolute Gasteiger partial charge is 0.267 e. The minimum atomic E-state index is -0.330. The van der Waals surface area contributed by atoms with Crippen LogP contribution in [0.15, 0.2) is 82.7 Å². The topological polar surface area (TPSA) is 100 Å². The fourth-order valence-corrected chi connectivity index (χ4v) is 5.36. The van der Waals surface area contributed by atoms with E-state index in [4.69, 9.17) is 10.4 Å². The van der Waals surface area contributed by atoms with Gasteiger partial charge in [0, 0.05) is 37.1 Å². The molecule has 9 heteroatoms. The van der Waals surface area contributed by atoms with Crippen molar-refractivity contribution in [2.24, 2.45) is 12.0 Å². The Morgan fingerprint density at radius 3 is 2.66 bits per heavy atom. The number of nitrogens with zero attached hydrogens (tertiary/aromatic N) is 4. The molecule has 2 aliphatic rings. The molecule has 0 unspecified atom stereocenters. The van der Waals surface area contributed by atoms with Crippen LogP contribution in [0.4, 0.5) is 10.1 Å². The van der Waals surface area contributed by atoms with Crippen molar-refractivity contribution < 1.29 is 4.39 Å². The van der Waals surface area contributed by atoms with Crippen molar-refractivity contribution in [3.8, 4) is 11.3 Å². The molecule has 1 fully saturated rings. The van der Waals surface area contributed by atoms with E-state index in [2.05, 4.69) is 15.6 Å². The lowest BCUT2D eigenvalue weighted by Crippen LogP contribution is -2.59. The Balaban J connectivity index is 1.40. The normalized spacial score (nSPS) is 18.4. The molecule has 6 rings (SSSR count). The largest absolute Gasteiger partial charge is 0.367 e. The lowest BCUT2D eigenvalue weighted by molar-refractivity contribution is 0.465. The second-order valence-corrected chi connectivity index (χ2v) is 9.73. The highest BCUT2D eigenvalue weighted by molar-refractivity contribution is 5.63. The summed E-state index contributed by atoms with van der Waals surface area (Å²) in [5.74, 6) is 0.137. The minimum absolute atomic E-state index is 0.116. The zero-order chi connectivity index (χ0) is 26.2. The summed E-state index contributed by atoms with van der Waals surface area (Å²) >= 11 is 0. The van der Waals surface area contributed by atoms with Gasteiger partial charge in [-0.2, -0.15) is 0 Å². The molecule has 1 saturated carbocycles. The summed E-state index contributed by atoms with van der Waals surface area (Å²) in [6.45, 7) is 0.410. The number of nitrogens with one attached hydrogen (secondary N) is 3. The number of aromatic nitrogens is 3. The molecule has 3 heterocycles. The second-order valence-electron chi connectivity index (χ2n) is 9.73. The van der Waals surface area contributed by atoms with E-state index in [-0.39, 0.29) is 34.2 Å². The van der Waals surface area contributed by atoms with E-state index in [1.54, 1.807) is 11.6 Å². The van der Waals surface area contributed by atoms with Crippen molar-refractivity contribution in [3.63, 3.8) is 0 Å². The van der Waals surface area contributed by atoms with Crippen molar-refractivity contribution in [1.29, 1.82) is 5.41 Å². The number of halogens is 1. The summed E-state index contributed by atoms with van der Waals surface area (Å²) in [5.41, 5.74) is 3.60. The van der Waals surface area contributed by atoms with Crippen molar-refractivity contribution in [2.45, 2.75) is 37.9 Å². The zero-order valence-electron chi connectivity index (χ0n) is 21.0. The van der Waals surface area contributed by atoms with Gasteiger partial charge in [-0.3, -0.25) is 24.3 Å². The lowest BCUT2D eigenvalue weighted by Gasteiger charge is -2.17. The number of rotatable bonds is 6. The zero-order valence-corrected chi connectivity index (χ0v) is 21.0. The first-order chi connectivity index (χ1) is 18.5. The molecule has 1 aliphatic heterocycles. The first kappa shape index (κ1) is 23.8. The number of pyridine rings is 1. The number of benzene rings is 2. The summed E-state index contributed by atoms with van der Waals surface area (Å²) in [7, 11) is 1.72. The Morgan fingerprint density at radius 2 is 1.89 bits per heavy atom. The van der Waals surface area contributed by atoms with Crippen LogP contribution in [-0.2, 0) is 13.6 Å². The molecular formula is C29H28FN7O. The van der Waals surface area contributed by atoms with Crippen LogP contribution in [-0.4, -0.2) is 20.2 Å². The van der Waals surface area contributed by atoms with Crippen molar-refractivity contribution in [3.05, 3.63) is 111 Å². The van der Waals surface area contributed by atoms with E-state index in [9.17, 15) is 9.18 Å². The molecule has 0 amide bonds. The van der Waals surface area contributed by atoms with E-state index in [0.717, 1.165) is 36.1 Å². The minimum Gasteiger partial charge on any atom is -0.367 e. The first-order valence-corrected chi connectivity index (χ1v) is 12.7. The summed E-state index contributed by atoms with van der Waals surface area (Å²) in [5, 5.41) is 16.1. The van der Waals surface area contributed by atoms with E-state index in [1.807, 2.05) is 59.2 Å². The Kier molecular flexibility index (Phi) is 6.11. The highest BCUT2D eigenvalue weighted by Gasteiger charge is 2.34. The van der Waals surface area contributed by atoms with Gasteiger partial charge in [0.2, 0.25) is 5.62 Å². The number of fused-ring (bicyclic) bond motifs is 3. The highest BCUT2D eigenvalue weighted by Crippen LogP contribution is 2.32. The Morgan fingerprint density at radius 1 is 1.11 bits per heavy atom. The Bertz CT molecular complexity index is 1740. The fraction of sp³-hybridized carbons (Fsp3) is 0.241. The van der Waals surface area contributed by atoms with Crippen LogP contribution in [0, 0.1) is 11.2 Å². The van der Waals surface area contributed by atoms with Crippen LogP contribution in [0.3, 0.4) is 0 Å².